The minimum Gasteiger partial charge on any atom is -0.495 e. The fourth-order valence-corrected chi connectivity index (χ4v) is 3.26. The predicted octanol–water partition coefficient (Wildman–Crippen LogP) is 0.975. The molecular weight excluding hydrogens is 336 g/mol. The van der Waals surface area contributed by atoms with Gasteiger partial charge < -0.3 is 15.2 Å². The van der Waals surface area contributed by atoms with Gasteiger partial charge in [0.15, 0.2) is 0 Å². The molecule has 1 aromatic carbocycles. The van der Waals surface area contributed by atoms with E-state index in [0.717, 1.165) is 6.07 Å². The van der Waals surface area contributed by atoms with E-state index in [9.17, 15) is 18.0 Å². The number of hydrogen-bond donors (Lipinski definition) is 3. The lowest BCUT2D eigenvalue weighted by molar-refractivity contribution is -0.143. The summed E-state index contributed by atoms with van der Waals surface area (Å²) < 4.78 is 32.2. The molecule has 0 saturated heterocycles. The molecule has 1 rings (SSSR count). The van der Waals surface area contributed by atoms with Gasteiger partial charge in [0.25, 0.3) is 5.91 Å². The van der Waals surface area contributed by atoms with Gasteiger partial charge in [-0.25, -0.2) is 17.9 Å². The maximum absolute atomic E-state index is 12.4. The number of sulfonamides is 1. The van der Waals surface area contributed by atoms with Crippen LogP contribution in [0, 0.1) is 0 Å². The van der Waals surface area contributed by atoms with Crippen molar-refractivity contribution in [3.05, 3.63) is 23.8 Å². The van der Waals surface area contributed by atoms with E-state index in [-0.39, 0.29) is 22.3 Å². The number of aliphatic carboxylic acids is 1. The third-order valence-electron chi connectivity index (χ3n) is 3.07. The van der Waals surface area contributed by atoms with Crippen LogP contribution in [0.15, 0.2) is 23.1 Å². The second-order valence-corrected chi connectivity index (χ2v) is 7.71. The molecule has 0 spiro atoms. The number of carbonyl (C=O) groups excluding carboxylic acids is 1. The highest BCUT2D eigenvalue weighted by Gasteiger charge is 2.30. The summed E-state index contributed by atoms with van der Waals surface area (Å²) >= 11 is 0. The lowest BCUT2D eigenvalue weighted by atomic mass is 10.1. The lowest BCUT2D eigenvalue weighted by Crippen LogP contribution is -2.49. The van der Waals surface area contributed by atoms with Gasteiger partial charge in [-0.1, -0.05) is 0 Å². The average Bonchev–Trinajstić information content (AvgIpc) is 2.44. The fraction of sp³-hybridized carbons (Fsp3) is 0.467. The van der Waals surface area contributed by atoms with Crippen molar-refractivity contribution in [3.63, 3.8) is 0 Å². The van der Waals surface area contributed by atoms with Gasteiger partial charge >= 0.3 is 5.97 Å². The molecule has 8 nitrogen and oxygen atoms in total. The van der Waals surface area contributed by atoms with E-state index >= 15 is 0 Å². The van der Waals surface area contributed by atoms with E-state index < -0.39 is 27.4 Å². The minimum atomic E-state index is -3.89. The number of hydrogen-bond acceptors (Lipinski definition) is 5. The molecule has 0 heterocycles. The highest BCUT2D eigenvalue weighted by Crippen LogP contribution is 2.25. The summed E-state index contributed by atoms with van der Waals surface area (Å²) in [5.74, 6) is -1.83. The summed E-state index contributed by atoms with van der Waals surface area (Å²) in [5, 5.41) is 11.4. The Labute approximate surface area is 141 Å². The zero-order valence-electron chi connectivity index (χ0n) is 14.2. The summed E-state index contributed by atoms with van der Waals surface area (Å²) in [6.07, 6.45) is 0. The molecule has 0 radical (unpaired) electrons. The van der Waals surface area contributed by atoms with Crippen LogP contribution in [0.1, 0.15) is 38.1 Å². The van der Waals surface area contributed by atoms with Crippen LogP contribution in [0.4, 0.5) is 0 Å². The number of carbonyl (C=O) groups is 2. The second-order valence-electron chi connectivity index (χ2n) is 6.03. The fourth-order valence-electron chi connectivity index (χ4n) is 1.81. The Morgan fingerprint density at radius 3 is 2.29 bits per heavy atom. The maximum Gasteiger partial charge on any atom is 0.328 e. The maximum atomic E-state index is 12.4. The van der Waals surface area contributed by atoms with Gasteiger partial charge in [-0.3, -0.25) is 4.79 Å². The van der Waals surface area contributed by atoms with Crippen LogP contribution in [-0.2, 0) is 14.8 Å². The van der Waals surface area contributed by atoms with E-state index in [2.05, 4.69) is 10.0 Å². The van der Waals surface area contributed by atoms with Crippen LogP contribution < -0.4 is 14.8 Å². The van der Waals surface area contributed by atoms with Gasteiger partial charge in [0, 0.05) is 11.6 Å². The highest BCUT2D eigenvalue weighted by atomic mass is 32.2. The molecule has 9 heteroatoms. The Morgan fingerprint density at radius 1 is 1.25 bits per heavy atom. The number of benzene rings is 1. The first-order chi connectivity index (χ1) is 10.9. The van der Waals surface area contributed by atoms with Gasteiger partial charge in [0.05, 0.1) is 7.11 Å². The summed E-state index contributed by atoms with van der Waals surface area (Å²) in [4.78, 5) is 23.1. The molecule has 1 aromatic rings. The van der Waals surface area contributed by atoms with Crippen LogP contribution in [0.2, 0.25) is 0 Å². The van der Waals surface area contributed by atoms with Gasteiger partial charge in [-0.05, 0) is 45.9 Å². The van der Waals surface area contributed by atoms with Gasteiger partial charge in [-0.2, -0.15) is 0 Å². The molecule has 1 amide bonds. The van der Waals surface area contributed by atoms with Gasteiger partial charge in [0.2, 0.25) is 10.0 Å². The number of amides is 1. The number of carboxylic acid groups (broad SMARTS) is 1. The van der Waals surface area contributed by atoms with Crippen molar-refractivity contribution in [2.24, 2.45) is 0 Å². The SMILES string of the molecule is COc1ccc(C(=O)NC(C)(C)C(=O)O)cc1S(=O)(=O)NC(C)C. The van der Waals surface area contributed by atoms with Crippen molar-refractivity contribution in [2.45, 2.75) is 44.2 Å². The first-order valence-electron chi connectivity index (χ1n) is 7.17. The largest absolute Gasteiger partial charge is 0.495 e. The lowest BCUT2D eigenvalue weighted by Gasteiger charge is -2.21. The quantitative estimate of drug-likeness (QED) is 0.668. The Balaban J connectivity index is 3.28. The summed E-state index contributed by atoms with van der Waals surface area (Å²) in [5.41, 5.74) is -1.49. The van der Waals surface area contributed by atoms with E-state index in [4.69, 9.17) is 9.84 Å². The van der Waals surface area contributed by atoms with Crippen molar-refractivity contribution in [1.82, 2.24) is 10.0 Å². The van der Waals surface area contributed by atoms with Gasteiger partial charge in [-0.15, -0.1) is 0 Å². The first kappa shape index (κ1) is 19.9. The topological polar surface area (TPSA) is 122 Å². The molecule has 0 aromatic heterocycles. The molecule has 0 saturated carbocycles. The van der Waals surface area contributed by atoms with Crippen LogP contribution in [0.25, 0.3) is 0 Å². The molecular formula is C15H22N2O6S. The van der Waals surface area contributed by atoms with Crippen molar-refractivity contribution >= 4 is 21.9 Å². The van der Waals surface area contributed by atoms with Crippen LogP contribution in [0.5, 0.6) is 5.75 Å². The Bertz CT molecular complexity index is 740. The van der Waals surface area contributed by atoms with E-state index in [1.54, 1.807) is 13.8 Å². The number of carboxylic acids is 1. The highest BCUT2D eigenvalue weighted by molar-refractivity contribution is 7.89. The van der Waals surface area contributed by atoms with Gasteiger partial charge in [0.1, 0.15) is 16.2 Å². The zero-order chi connectivity index (χ0) is 18.7. The predicted molar refractivity (Wildman–Crippen MR) is 87.6 cm³/mol. The second kappa shape index (κ2) is 7.18. The Hall–Kier alpha value is -2.13. The smallest absolute Gasteiger partial charge is 0.328 e. The standard InChI is InChI=1S/C15H22N2O6S/c1-9(2)17-24(21,22)12-8-10(6-7-11(12)23-5)13(18)16-15(3,4)14(19)20/h6-9,17H,1-5H3,(H,16,18)(H,19,20). The molecule has 0 aliphatic heterocycles. The molecule has 0 aliphatic carbocycles. The number of methoxy groups -OCH3 is 1. The third kappa shape index (κ3) is 4.68. The average molecular weight is 358 g/mol. The normalized spacial score (nSPS) is 12.1. The monoisotopic (exact) mass is 358 g/mol. The van der Waals surface area contributed by atoms with Crippen LogP contribution in [-0.4, -0.2) is 44.1 Å². The molecule has 0 aliphatic rings. The molecule has 0 bridgehead atoms. The molecule has 0 fully saturated rings. The van der Waals surface area contributed by atoms with Crippen LogP contribution in [0.3, 0.4) is 0 Å². The number of rotatable bonds is 7. The molecule has 3 N–H and O–H groups in total. The third-order valence-corrected chi connectivity index (χ3v) is 4.75. The molecule has 24 heavy (non-hydrogen) atoms. The van der Waals surface area contributed by atoms with Crippen molar-refractivity contribution in [1.29, 1.82) is 0 Å². The number of nitrogens with one attached hydrogen (secondary N) is 2. The summed E-state index contributed by atoms with van der Waals surface area (Å²) in [6, 6.07) is 3.51. The Morgan fingerprint density at radius 2 is 1.83 bits per heavy atom. The van der Waals surface area contributed by atoms with Crippen molar-refractivity contribution < 1.29 is 27.9 Å². The minimum absolute atomic E-state index is 0.00857. The molecule has 0 unspecified atom stereocenters. The summed E-state index contributed by atoms with van der Waals surface area (Å²) in [7, 11) is -2.57. The van der Waals surface area contributed by atoms with E-state index in [1.165, 1.54) is 33.1 Å². The molecule has 134 valence electrons. The number of ether oxygens (including phenoxy) is 1. The first-order valence-corrected chi connectivity index (χ1v) is 8.65. The zero-order valence-corrected chi connectivity index (χ0v) is 15.0. The van der Waals surface area contributed by atoms with Crippen LogP contribution >= 0.6 is 0 Å². The Kier molecular flexibility index (Phi) is 5.96. The van der Waals surface area contributed by atoms with Crippen molar-refractivity contribution in [2.75, 3.05) is 7.11 Å². The van der Waals surface area contributed by atoms with E-state index in [1.807, 2.05) is 0 Å². The summed E-state index contributed by atoms with van der Waals surface area (Å²) in [6.45, 7) is 5.98. The van der Waals surface area contributed by atoms with Crippen molar-refractivity contribution in [3.8, 4) is 5.75 Å². The molecule has 0 atom stereocenters. The van der Waals surface area contributed by atoms with E-state index in [0.29, 0.717) is 0 Å².